The summed E-state index contributed by atoms with van der Waals surface area (Å²) >= 11 is 0. The minimum absolute atomic E-state index is 0.540. The van der Waals surface area contributed by atoms with Gasteiger partial charge in [0, 0.05) is 25.7 Å². The predicted octanol–water partition coefficient (Wildman–Crippen LogP) is 3.09. The van der Waals surface area contributed by atoms with E-state index in [0.29, 0.717) is 6.04 Å². The fourth-order valence-corrected chi connectivity index (χ4v) is 2.49. The molecule has 0 aromatic carbocycles. The van der Waals surface area contributed by atoms with Gasteiger partial charge in [-0.2, -0.15) is 0 Å². The van der Waals surface area contributed by atoms with E-state index in [1.54, 1.807) is 7.11 Å². The zero-order chi connectivity index (χ0) is 15.2. The Kier molecular flexibility index (Phi) is 6.27. The van der Waals surface area contributed by atoms with Crippen LogP contribution in [0.25, 0.3) is 0 Å². The molecule has 0 bridgehead atoms. The van der Waals surface area contributed by atoms with Gasteiger partial charge in [-0.3, -0.25) is 4.90 Å². The van der Waals surface area contributed by atoms with Crippen molar-refractivity contribution in [3.8, 4) is 0 Å². The Balaban J connectivity index is 1.93. The van der Waals surface area contributed by atoms with Crippen molar-refractivity contribution in [2.75, 3.05) is 20.3 Å². The number of hydrogen-bond donors (Lipinski definition) is 1. The summed E-state index contributed by atoms with van der Waals surface area (Å²) in [5, 5.41) is 3.52. The summed E-state index contributed by atoms with van der Waals surface area (Å²) in [4.78, 5) is 2.43. The van der Waals surface area contributed by atoms with E-state index in [2.05, 4.69) is 37.1 Å². The summed E-state index contributed by atoms with van der Waals surface area (Å²) in [5.74, 6) is 2.16. The van der Waals surface area contributed by atoms with Gasteiger partial charge < -0.3 is 14.5 Å². The van der Waals surface area contributed by atoms with Gasteiger partial charge in [-0.15, -0.1) is 0 Å². The van der Waals surface area contributed by atoms with Gasteiger partial charge in [0.15, 0.2) is 0 Å². The van der Waals surface area contributed by atoms with Gasteiger partial charge in [-0.1, -0.05) is 6.92 Å². The molecule has 1 aromatic rings. The Hall–Kier alpha value is -0.840. The largest absolute Gasteiger partial charge is 0.463 e. The first kappa shape index (κ1) is 16.5. The molecule has 1 fully saturated rings. The molecule has 0 aliphatic heterocycles. The van der Waals surface area contributed by atoms with Crippen LogP contribution >= 0.6 is 0 Å². The number of nitrogens with zero attached hydrogens (tertiary/aromatic N) is 1. The number of nitrogens with one attached hydrogen (secondary N) is 1. The van der Waals surface area contributed by atoms with Crippen molar-refractivity contribution in [2.45, 2.75) is 65.2 Å². The molecule has 1 saturated carbocycles. The molecule has 120 valence electrons. The number of ether oxygens (including phenoxy) is 1. The van der Waals surface area contributed by atoms with Gasteiger partial charge in [-0.25, -0.2) is 0 Å². The third-order valence-corrected chi connectivity index (χ3v) is 4.36. The van der Waals surface area contributed by atoms with Gasteiger partial charge in [0.25, 0.3) is 0 Å². The second-order valence-corrected chi connectivity index (χ2v) is 6.19. The van der Waals surface area contributed by atoms with Crippen LogP contribution in [0.3, 0.4) is 0 Å². The Labute approximate surface area is 128 Å². The quantitative estimate of drug-likeness (QED) is 0.719. The first-order valence-corrected chi connectivity index (χ1v) is 8.18. The van der Waals surface area contributed by atoms with E-state index in [-0.39, 0.29) is 0 Å². The summed E-state index contributed by atoms with van der Waals surface area (Å²) in [6.45, 7) is 10.1. The molecule has 1 N–H and O–H groups in total. The molecule has 4 nitrogen and oxygen atoms in total. The van der Waals surface area contributed by atoms with Crippen LogP contribution in [0.4, 0.5) is 0 Å². The molecule has 21 heavy (non-hydrogen) atoms. The molecular formula is C17H30N2O2. The van der Waals surface area contributed by atoms with Crippen molar-refractivity contribution in [1.29, 1.82) is 0 Å². The molecule has 0 saturated heterocycles. The van der Waals surface area contributed by atoms with E-state index in [1.165, 1.54) is 18.4 Å². The van der Waals surface area contributed by atoms with Crippen molar-refractivity contribution in [1.82, 2.24) is 10.2 Å². The number of methoxy groups -OCH3 is 1. The average molecular weight is 294 g/mol. The highest BCUT2D eigenvalue weighted by Crippen LogP contribution is 2.22. The first-order valence-electron chi connectivity index (χ1n) is 8.18. The standard InChI is InChI=1S/C17H30N2O2/c1-5-14(3)19(8-9-20-4)12-16-10-13(2)17(21-16)11-18-15-6-7-15/h10,14-15,18H,5-9,11-12H2,1-4H3. The van der Waals surface area contributed by atoms with Crippen LogP contribution in [-0.4, -0.2) is 37.2 Å². The van der Waals surface area contributed by atoms with Gasteiger partial charge in [0.2, 0.25) is 0 Å². The first-order chi connectivity index (χ1) is 10.1. The van der Waals surface area contributed by atoms with Gasteiger partial charge in [0.05, 0.1) is 19.7 Å². The maximum atomic E-state index is 6.05. The Bertz CT molecular complexity index is 426. The Morgan fingerprint density at radius 3 is 2.86 bits per heavy atom. The highest BCUT2D eigenvalue weighted by Gasteiger charge is 2.21. The number of hydrogen-bond acceptors (Lipinski definition) is 4. The SMILES string of the molecule is CCC(C)N(CCOC)Cc1cc(C)c(CNC2CC2)o1. The van der Waals surface area contributed by atoms with Crippen molar-refractivity contribution in [3.63, 3.8) is 0 Å². The average Bonchev–Trinajstić information content (AvgIpc) is 3.24. The molecule has 0 radical (unpaired) electrons. The van der Waals surface area contributed by atoms with Crippen molar-refractivity contribution in [2.24, 2.45) is 0 Å². The van der Waals surface area contributed by atoms with Crippen LogP contribution < -0.4 is 5.32 Å². The normalized spacial score (nSPS) is 16.6. The third kappa shape index (κ3) is 5.13. The fraction of sp³-hybridized carbons (Fsp3) is 0.765. The second kappa shape index (κ2) is 7.97. The van der Waals surface area contributed by atoms with Crippen LogP contribution in [0.2, 0.25) is 0 Å². The van der Waals surface area contributed by atoms with E-state index in [4.69, 9.17) is 9.15 Å². The molecule has 1 atom stereocenters. The highest BCUT2D eigenvalue weighted by atomic mass is 16.5. The maximum Gasteiger partial charge on any atom is 0.120 e. The number of furan rings is 1. The topological polar surface area (TPSA) is 37.6 Å². The Morgan fingerprint density at radius 1 is 1.48 bits per heavy atom. The van der Waals surface area contributed by atoms with E-state index < -0.39 is 0 Å². The molecule has 0 spiro atoms. The zero-order valence-electron chi connectivity index (χ0n) is 13.9. The summed E-state index contributed by atoms with van der Waals surface area (Å²) < 4.78 is 11.3. The summed E-state index contributed by atoms with van der Waals surface area (Å²) in [6.07, 6.45) is 3.76. The van der Waals surface area contributed by atoms with Gasteiger partial charge >= 0.3 is 0 Å². The van der Waals surface area contributed by atoms with Crippen LogP contribution in [0.1, 0.15) is 50.2 Å². The molecule has 1 heterocycles. The molecule has 0 amide bonds. The second-order valence-electron chi connectivity index (χ2n) is 6.19. The molecule has 1 unspecified atom stereocenters. The molecule has 1 aliphatic carbocycles. The zero-order valence-corrected chi connectivity index (χ0v) is 13.9. The number of aryl methyl sites for hydroxylation is 1. The minimum atomic E-state index is 0.540. The summed E-state index contributed by atoms with van der Waals surface area (Å²) in [7, 11) is 1.76. The molecule has 2 rings (SSSR count). The van der Waals surface area contributed by atoms with Crippen LogP contribution in [0.15, 0.2) is 10.5 Å². The lowest BCUT2D eigenvalue weighted by Gasteiger charge is -2.27. The lowest BCUT2D eigenvalue weighted by Crippen LogP contribution is -2.34. The monoisotopic (exact) mass is 294 g/mol. The fourth-order valence-electron chi connectivity index (χ4n) is 2.49. The molecule has 1 aromatic heterocycles. The molecule has 4 heteroatoms. The van der Waals surface area contributed by atoms with Crippen LogP contribution in [-0.2, 0) is 17.8 Å². The van der Waals surface area contributed by atoms with E-state index in [0.717, 1.165) is 50.2 Å². The smallest absolute Gasteiger partial charge is 0.120 e. The minimum Gasteiger partial charge on any atom is -0.463 e. The van der Waals surface area contributed by atoms with E-state index >= 15 is 0 Å². The van der Waals surface area contributed by atoms with Crippen molar-refractivity contribution >= 4 is 0 Å². The van der Waals surface area contributed by atoms with E-state index in [1.807, 2.05) is 0 Å². The summed E-state index contributed by atoms with van der Waals surface area (Å²) in [6, 6.07) is 3.45. The molecule has 1 aliphatic rings. The van der Waals surface area contributed by atoms with E-state index in [9.17, 15) is 0 Å². The molecular weight excluding hydrogens is 264 g/mol. The van der Waals surface area contributed by atoms with Crippen LogP contribution in [0.5, 0.6) is 0 Å². The van der Waals surface area contributed by atoms with Gasteiger partial charge in [-0.05, 0) is 44.7 Å². The third-order valence-electron chi connectivity index (χ3n) is 4.36. The number of rotatable bonds is 10. The van der Waals surface area contributed by atoms with Crippen molar-refractivity contribution < 1.29 is 9.15 Å². The maximum absolute atomic E-state index is 6.05. The lowest BCUT2D eigenvalue weighted by molar-refractivity contribution is 0.112. The van der Waals surface area contributed by atoms with Crippen molar-refractivity contribution in [3.05, 3.63) is 23.2 Å². The van der Waals surface area contributed by atoms with Crippen LogP contribution in [0, 0.1) is 6.92 Å². The highest BCUT2D eigenvalue weighted by molar-refractivity contribution is 5.20. The predicted molar refractivity (Wildman–Crippen MR) is 85.3 cm³/mol. The van der Waals surface area contributed by atoms with Gasteiger partial charge in [0.1, 0.15) is 11.5 Å². The Morgan fingerprint density at radius 2 is 2.24 bits per heavy atom. The summed E-state index contributed by atoms with van der Waals surface area (Å²) in [5.41, 5.74) is 1.26. The lowest BCUT2D eigenvalue weighted by atomic mass is 10.2.